The lowest BCUT2D eigenvalue weighted by molar-refractivity contribution is 0.157. The van der Waals surface area contributed by atoms with Crippen LogP contribution in [0.5, 0.6) is 0 Å². The molecule has 4 atom stereocenters. The summed E-state index contributed by atoms with van der Waals surface area (Å²) in [7, 11) is 0. The van der Waals surface area contributed by atoms with E-state index in [4.69, 9.17) is 0 Å². The fourth-order valence-corrected chi connectivity index (χ4v) is 3.82. The summed E-state index contributed by atoms with van der Waals surface area (Å²) in [6.45, 7) is 12.1. The first-order valence-corrected chi connectivity index (χ1v) is 8.50. The third-order valence-electron chi connectivity index (χ3n) is 5.25. The molecule has 0 aromatic heterocycles. The van der Waals surface area contributed by atoms with Crippen molar-refractivity contribution in [2.24, 2.45) is 29.6 Å². The Balaban J connectivity index is 2.18. The molecule has 0 spiro atoms. The molecular weight excluding hydrogens is 216 g/mol. The average Bonchev–Trinajstić information content (AvgIpc) is 2.27. The topological polar surface area (TPSA) is 0 Å². The lowest BCUT2D eigenvalue weighted by Gasteiger charge is -2.35. The van der Waals surface area contributed by atoms with Gasteiger partial charge in [0.1, 0.15) is 0 Å². The molecule has 0 aromatic carbocycles. The summed E-state index contributed by atoms with van der Waals surface area (Å²) in [5.74, 6) is 4.82. The second-order valence-corrected chi connectivity index (χ2v) is 7.56. The first-order chi connectivity index (χ1) is 8.50. The molecule has 0 nitrogen and oxygen atoms in total. The molecule has 18 heavy (non-hydrogen) atoms. The molecule has 0 heterocycles. The van der Waals surface area contributed by atoms with Gasteiger partial charge in [-0.3, -0.25) is 0 Å². The third kappa shape index (κ3) is 5.76. The summed E-state index contributed by atoms with van der Waals surface area (Å²) in [6.07, 6.45) is 11.7. The van der Waals surface area contributed by atoms with Gasteiger partial charge >= 0.3 is 0 Å². The normalized spacial score (nSPS) is 30.7. The van der Waals surface area contributed by atoms with Crippen LogP contribution in [-0.4, -0.2) is 0 Å². The monoisotopic (exact) mass is 252 g/mol. The molecule has 1 unspecified atom stereocenters. The zero-order chi connectivity index (χ0) is 13.5. The van der Waals surface area contributed by atoms with Crippen LogP contribution in [0.3, 0.4) is 0 Å². The van der Waals surface area contributed by atoms with Crippen molar-refractivity contribution in [3.63, 3.8) is 0 Å². The molecule has 1 saturated carbocycles. The highest BCUT2D eigenvalue weighted by Gasteiger charge is 2.27. The van der Waals surface area contributed by atoms with Gasteiger partial charge in [-0.2, -0.15) is 0 Å². The van der Waals surface area contributed by atoms with E-state index >= 15 is 0 Å². The summed E-state index contributed by atoms with van der Waals surface area (Å²) in [4.78, 5) is 0. The summed E-state index contributed by atoms with van der Waals surface area (Å²) >= 11 is 0. The van der Waals surface area contributed by atoms with Crippen molar-refractivity contribution in [1.82, 2.24) is 0 Å². The van der Waals surface area contributed by atoms with Crippen LogP contribution in [0.2, 0.25) is 0 Å². The average molecular weight is 252 g/mol. The zero-order valence-corrected chi connectivity index (χ0v) is 13.5. The van der Waals surface area contributed by atoms with Crippen LogP contribution in [0, 0.1) is 29.6 Å². The van der Waals surface area contributed by atoms with Crippen molar-refractivity contribution in [2.45, 2.75) is 86.0 Å². The number of hydrogen-bond acceptors (Lipinski definition) is 0. The van der Waals surface area contributed by atoms with Gasteiger partial charge < -0.3 is 0 Å². The lowest BCUT2D eigenvalue weighted by Crippen LogP contribution is -2.25. The maximum atomic E-state index is 2.49. The molecular formula is C18H36. The Hall–Kier alpha value is 0. The van der Waals surface area contributed by atoms with Gasteiger partial charge in [0, 0.05) is 0 Å². The first kappa shape index (κ1) is 16.1. The zero-order valence-electron chi connectivity index (χ0n) is 13.5. The first-order valence-electron chi connectivity index (χ1n) is 8.50. The second kappa shape index (κ2) is 8.23. The van der Waals surface area contributed by atoms with E-state index in [1.54, 1.807) is 0 Å². The van der Waals surface area contributed by atoms with Gasteiger partial charge in [-0.05, 0) is 36.0 Å². The smallest absolute Gasteiger partial charge is 0.0363 e. The molecule has 0 N–H and O–H groups in total. The van der Waals surface area contributed by atoms with E-state index in [9.17, 15) is 0 Å². The highest BCUT2D eigenvalue weighted by atomic mass is 14.3. The fraction of sp³-hybridized carbons (Fsp3) is 1.00. The van der Waals surface area contributed by atoms with Crippen LogP contribution >= 0.6 is 0 Å². The van der Waals surface area contributed by atoms with E-state index < -0.39 is 0 Å². The summed E-state index contributed by atoms with van der Waals surface area (Å²) in [5, 5.41) is 0. The molecule has 0 bridgehead atoms. The van der Waals surface area contributed by atoms with E-state index in [1.807, 2.05) is 0 Å². The SMILES string of the molecule is CC(C)CCC[C@H](C)CCC1[C@H](C)CCC[C@@H]1C. The molecule has 0 aliphatic heterocycles. The maximum Gasteiger partial charge on any atom is -0.0363 e. The van der Waals surface area contributed by atoms with E-state index in [0.717, 1.165) is 29.6 Å². The van der Waals surface area contributed by atoms with Crippen LogP contribution < -0.4 is 0 Å². The van der Waals surface area contributed by atoms with Crippen molar-refractivity contribution < 1.29 is 0 Å². The highest BCUT2D eigenvalue weighted by Crippen LogP contribution is 2.38. The predicted octanol–water partition coefficient (Wildman–Crippen LogP) is 6.30. The molecule has 108 valence electrons. The third-order valence-corrected chi connectivity index (χ3v) is 5.25. The van der Waals surface area contributed by atoms with Gasteiger partial charge in [0.05, 0.1) is 0 Å². The van der Waals surface area contributed by atoms with Crippen LogP contribution in [0.4, 0.5) is 0 Å². The maximum absolute atomic E-state index is 2.49. The molecule has 0 aromatic rings. The van der Waals surface area contributed by atoms with E-state index in [0.29, 0.717) is 0 Å². The highest BCUT2D eigenvalue weighted by molar-refractivity contribution is 4.78. The molecule has 0 saturated heterocycles. The van der Waals surface area contributed by atoms with Gasteiger partial charge in [0.15, 0.2) is 0 Å². The molecule has 1 aliphatic carbocycles. The Morgan fingerprint density at radius 2 is 1.50 bits per heavy atom. The number of hydrogen-bond donors (Lipinski definition) is 0. The Bertz CT molecular complexity index is 196. The van der Waals surface area contributed by atoms with E-state index in [1.165, 1.54) is 51.4 Å². The summed E-state index contributed by atoms with van der Waals surface area (Å²) in [5.41, 5.74) is 0. The minimum Gasteiger partial charge on any atom is -0.0628 e. The van der Waals surface area contributed by atoms with Gasteiger partial charge in [0.2, 0.25) is 0 Å². The Morgan fingerprint density at radius 3 is 2.06 bits per heavy atom. The second-order valence-electron chi connectivity index (χ2n) is 7.56. The molecule has 0 amide bonds. The Kier molecular flexibility index (Phi) is 7.34. The fourth-order valence-electron chi connectivity index (χ4n) is 3.82. The minimum atomic E-state index is 0.885. The molecule has 0 heteroatoms. The van der Waals surface area contributed by atoms with E-state index in [-0.39, 0.29) is 0 Å². The molecule has 1 rings (SSSR count). The van der Waals surface area contributed by atoms with Crippen molar-refractivity contribution >= 4 is 0 Å². The summed E-state index contributed by atoms with van der Waals surface area (Å²) < 4.78 is 0. The van der Waals surface area contributed by atoms with Gasteiger partial charge in [0.25, 0.3) is 0 Å². The van der Waals surface area contributed by atoms with Crippen molar-refractivity contribution in [1.29, 1.82) is 0 Å². The standard InChI is InChI=1S/C18H36/c1-14(2)8-6-9-15(3)12-13-18-16(4)10-7-11-17(18)5/h14-18H,6-13H2,1-5H3/t15-,16-,17+,18?/m0/s1. The number of rotatable bonds is 7. The quantitative estimate of drug-likeness (QED) is 0.498. The largest absolute Gasteiger partial charge is 0.0628 e. The van der Waals surface area contributed by atoms with Crippen molar-refractivity contribution in [3.05, 3.63) is 0 Å². The molecule has 1 fully saturated rings. The van der Waals surface area contributed by atoms with Gasteiger partial charge in [-0.1, -0.05) is 79.6 Å². The minimum absolute atomic E-state index is 0.885. The van der Waals surface area contributed by atoms with Crippen molar-refractivity contribution in [3.8, 4) is 0 Å². The Labute approximate surface area is 116 Å². The predicted molar refractivity (Wildman–Crippen MR) is 82.8 cm³/mol. The summed E-state index contributed by atoms with van der Waals surface area (Å²) in [6, 6.07) is 0. The van der Waals surface area contributed by atoms with Crippen molar-refractivity contribution in [2.75, 3.05) is 0 Å². The molecule has 1 aliphatic rings. The van der Waals surface area contributed by atoms with Gasteiger partial charge in [-0.15, -0.1) is 0 Å². The van der Waals surface area contributed by atoms with Crippen LogP contribution in [-0.2, 0) is 0 Å². The molecule has 0 radical (unpaired) electrons. The van der Waals surface area contributed by atoms with Crippen LogP contribution in [0.1, 0.15) is 86.0 Å². The Morgan fingerprint density at radius 1 is 0.889 bits per heavy atom. The van der Waals surface area contributed by atoms with Crippen LogP contribution in [0.15, 0.2) is 0 Å². The van der Waals surface area contributed by atoms with E-state index in [2.05, 4.69) is 34.6 Å². The lowest BCUT2D eigenvalue weighted by atomic mass is 9.71. The van der Waals surface area contributed by atoms with Gasteiger partial charge in [-0.25, -0.2) is 0 Å². The van der Waals surface area contributed by atoms with Crippen LogP contribution in [0.25, 0.3) is 0 Å².